The van der Waals surface area contributed by atoms with Crippen LogP contribution < -0.4 is 10.9 Å². The topological polar surface area (TPSA) is 81.8 Å². The number of nitrogens with zero attached hydrogens (tertiary/aromatic N) is 4. The lowest BCUT2D eigenvalue weighted by molar-refractivity contribution is 0.0956. The molecule has 9 heteroatoms. The summed E-state index contributed by atoms with van der Waals surface area (Å²) in [6.45, 7) is 1.19. The van der Waals surface area contributed by atoms with Crippen molar-refractivity contribution in [1.82, 2.24) is 24.6 Å². The van der Waals surface area contributed by atoms with E-state index in [-0.39, 0.29) is 11.5 Å². The second-order valence-electron chi connectivity index (χ2n) is 6.15. The highest BCUT2D eigenvalue weighted by Gasteiger charge is 2.11. The molecule has 3 heterocycles. The Hall–Kier alpha value is -2.97. The van der Waals surface area contributed by atoms with Crippen molar-refractivity contribution in [2.75, 3.05) is 6.54 Å². The summed E-state index contributed by atoms with van der Waals surface area (Å²) < 4.78 is 3.15. The summed E-state index contributed by atoms with van der Waals surface area (Å²) >= 11 is 7.39. The van der Waals surface area contributed by atoms with E-state index in [2.05, 4.69) is 15.4 Å². The van der Waals surface area contributed by atoms with Crippen molar-refractivity contribution < 1.29 is 4.79 Å². The molecule has 0 atom stereocenters. The minimum Gasteiger partial charge on any atom is -0.349 e. The van der Waals surface area contributed by atoms with E-state index in [1.807, 2.05) is 29.6 Å². The molecule has 0 aliphatic heterocycles. The molecule has 1 N–H and O–H groups in total. The number of hydrogen-bond donors (Lipinski definition) is 1. The normalized spacial score (nSPS) is 11.0. The number of carbonyl (C=O) groups is 1. The number of thiophene rings is 1. The molecule has 0 fully saturated rings. The summed E-state index contributed by atoms with van der Waals surface area (Å²) in [5.74, 6) is -0.122. The number of benzene rings is 1. The zero-order valence-corrected chi connectivity index (χ0v) is 16.3. The van der Waals surface area contributed by atoms with Crippen LogP contribution in [0.15, 0.2) is 59.1 Å². The molecule has 0 saturated carbocycles. The van der Waals surface area contributed by atoms with Gasteiger partial charge in [-0.1, -0.05) is 29.8 Å². The highest BCUT2D eigenvalue weighted by atomic mass is 35.5. The Morgan fingerprint density at radius 1 is 1.25 bits per heavy atom. The quantitative estimate of drug-likeness (QED) is 0.527. The molecule has 0 bridgehead atoms. The van der Waals surface area contributed by atoms with E-state index in [9.17, 15) is 9.59 Å². The summed E-state index contributed by atoms with van der Waals surface area (Å²) in [4.78, 5) is 29.8. The number of carbonyl (C=O) groups excluding carboxylic acids is 1. The lowest BCUT2D eigenvalue weighted by Crippen LogP contribution is -2.27. The smallest absolute Gasteiger partial charge is 0.264 e. The summed E-state index contributed by atoms with van der Waals surface area (Å²) in [5.41, 5.74) is 1.25. The number of amides is 1. The fraction of sp³-hybridized carbons (Fsp3) is 0.158. The van der Waals surface area contributed by atoms with Crippen molar-refractivity contribution in [2.45, 2.75) is 13.1 Å². The van der Waals surface area contributed by atoms with Crippen LogP contribution in [0.1, 0.15) is 15.2 Å². The third kappa shape index (κ3) is 3.83. The molecule has 3 aromatic heterocycles. The second-order valence-corrected chi connectivity index (χ2v) is 7.53. The van der Waals surface area contributed by atoms with Crippen molar-refractivity contribution in [3.8, 4) is 0 Å². The average molecular weight is 414 g/mol. The van der Waals surface area contributed by atoms with Gasteiger partial charge in [0.2, 0.25) is 0 Å². The van der Waals surface area contributed by atoms with Crippen molar-refractivity contribution in [3.63, 3.8) is 0 Å². The van der Waals surface area contributed by atoms with E-state index in [4.69, 9.17) is 11.6 Å². The zero-order valence-electron chi connectivity index (χ0n) is 14.7. The summed E-state index contributed by atoms with van der Waals surface area (Å²) in [7, 11) is 0. The Balaban J connectivity index is 1.48. The predicted octanol–water partition coefficient (Wildman–Crippen LogP) is 2.79. The standard InChI is InChI=1S/C19H16ClN5O2S/c20-14-4-1-3-13(9-14)11-24-12-22-17-15(19(24)27)10-23-25(17)7-6-21-18(26)16-5-2-8-28-16/h1-5,8-10,12H,6-7,11H2,(H,21,26). The number of rotatable bonds is 6. The Morgan fingerprint density at radius 2 is 2.14 bits per heavy atom. The first-order valence-electron chi connectivity index (χ1n) is 8.59. The molecule has 1 aromatic carbocycles. The van der Waals surface area contributed by atoms with Gasteiger partial charge in [0.25, 0.3) is 11.5 Å². The van der Waals surface area contributed by atoms with Crippen molar-refractivity contribution in [1.29, 1.82) is 0 Å². The molecule has 4 aromatic rings. The van der Waals surface area contributed by atoms with E-state index >= 15 is 0 Å². The van der Waals surface area contributed by atoms with Gasteiger partial charge in [0.1, 0.15) is 11.7 Å². The van der Waals surface area contributed by atoms with E-state index in [0.717, 1.165) is 5.56 Å². The van der Waals surface area contributed by atoms with Gasteiger partial charge in [0.15, 0.2) is 5.65 Å². The third-order valence-electron chi connectivity index (χ3n) is 4.22. The van der Waals surface area contributed by atoms with Crippen molar-refractivity contribution >= 4 is 39.9 Å². The lowest BCUT2D eigenvalue weighted by atomic mass is 10.2. The molecule has 4 rings (SSSR count). The lowest BCUT2D eigenvalue weighted by Gasteiger charge is -2.07. The SMILES string of the molecule is O=C(NCCn1ncc2c(=O)n(Cc3cccc(Cl)c3)cnc21)c1cccs1. The first-order chi connectivity index (χ1) is 13.6. The van der Waals surface area contributed by atoms with E-state index in [0.29, 0.717) is 40.6 Å². The molecule has 142 valence electrons. The molecule has 0 unspecified atom stereocenters. The molecular weight excluding hydrogens is 398 g/mol. The highest BCUT2D eigenvalue weighted by molar-refractivity contribution is 7.12. The largest absolute Gasteiger partial charge is 0.349 e. The molecule has 7 nitrogen and oxygen atoms in total. The molecule has 0 aliphatic rings. The van der Waals surface area contributed by atoms with Crippen LogP contribution in [-0.2, 0) is 13.1 Å². The average Bonchev–Trinajstić information content (AvgIpc) is 3.35. The Bertz CT molecular complexity index is 1180. The van der Waals surface area contributed by atoms with Crippen LogP contribution in [0.3, 0.4) is 0 Å². The van der Waals surface area contributed by atoms with Gasteiger partial charge in [-0.05, 0) is 29.1 Å². The molecule has 0 spiro atoms. The number of halogens is 1. The van der Waals surface area contributed by atoms with E-state index in [1.54, 1.807) is 16.8 Å². The summed E-state index contributed by atoms with van der Waals surface area (Å²) in [6.07, 6.45) is 3.02. The zero-order chi connectivity index (χ0) is 19.5. The fourth-order valence-electron chi connectivity index (χ4n) is 2.88. The van der Waals surface area contributed by atoms with Crippen LogP contribution in [0.2, 0.25) is 5.02 Å². The van der Waals surface area contributed by atoms with Gasteiger partial charge in [-0.2, -0.15) is 5.10 Å². The van der Waals surface area contributed by atoms with Gasteiger partial charge in [-0.3, -0.25) is 14.2 Å². The summed E-state index contributed by atoms with van der Waals surface area (Å²) in [5, 5.41) is 10.0. The van der Waals surface area contributed by atoms with Crippen LogP contribution in [0.5, 0.6) is 0 Å². The van der Waals surface area contributed by atoms with Crippen LogP contribution in [-0.4, -0.2) is 31.8 Å². The Kier molecular flexibility index (Phi) is 5.23. The molecule has 28 heavy (non-hydrogen) atoms. The molecular formula is C19H16ClN5O2S. The van der Waals surface area contributed by atoms with Crippen LogP contribution in [0, 0.1) is 0 Å². The number of nitrogens with one attached hydrogen (secondary N) is 1. The second kappa shape index (κ2) is 7.95. The maximum atomic E-state index is 12.7. The highest BCUT2D eigenvalue weighted by Crippen LogP contribution is 2.12. The molecule has 0 saturated heterocycles. The third-order valence-corrected chi connectivity index (χ3v) is 5.32. The van der Waals surface area contributed by atoms with Gasteiger partial charge < -0.3 is 5.32 Å². The Labute approximate surface area is 169 Å². The maximum absolute atomic E-state index is 12.7. The van der Waals surface area contributed by atoms with Gasteiger partial charge in [-0.25, -0.2) is 9.67 Å². The molecule has 0 radical (unpaired) electrons. The van der Waals surface area contributed by atoms with Gasteiger partial charge in [0.05, 0.1) is 24.2 Å². The molecule has 1 amide bonds. The van der Waals surface area contributed by atoms with Crippen molar-refractivity contribution in [2.24, 2.45) is 0 Å². The van der Waals surface area contributed by atoms with Crippen LogP contribution in [0.4, 0.5) is 0 Å². The fourth-order valence-corrected chi connectivity index (χ4v) is 3.73. The van der Waals surface area contributed by atoms with Crippen molar-refractivity contribution in [3.05, 3.63) is 80.1 Å². The van der Waals surface area contributed by atoms with Crippen LogP contribution in [0.25, 0.3) is 11.0 Å². The number of aromatic nitrogens is 4. The van der Waals surface area contributed by atoms with Gasteiger partial charge >= 0.3 is 0 Å². The Morgan fingerprint density at radius 3 is 2.93 bits per heavy atom. The number of fused-ring (bicyclic) bond motifs is 1. The predicted molar refractivity (Wildman–Crippen MR) is 109 cm³/mol. The van der Waals surface area contributed by atoms with E-state index in [1.165, 1.54) is 28.4 Å². The molecule has 0 aliphatic carbocycles. The minimum absolute atomic E-state index is 0.122. The minimum atomic E-state index is -0.168. The monoisotopic (exact) mass is 413 g/mol. The van der Waals surface area contributed by atoms with Gasteiger partial charge in [0, 0.05) is 11.6 Å². The van der Waals surface area contributed by atoms with Gasteiger partial charge in [-0.15, -0.1) is 11.3 Å². The van der Waals surface area contributed by atoms with Crippen LogP contribution >= 0.6 is 22.9 Å². The first-order valence-corrected chi connectivity index (χ1v) is 9.85. The number of hydrogen-bond acceptors (Lipinski definition) is 5. The summed E-state index contributed by atoms with van der Waals surface area (Å²) in [6, 6.07) is 11.0. The first kappa shape index (κ1) is 18.4. The van der Waals surface area contributed by atoms with E-state index < -0.39 is 0 Å². The maximum Gasteiger partial charge on any atom is 0.264 e.